The van der Waals surface area contributed by atoms with Gasteiger partial charge in [-0.15, -0.1) is 0 Å². The van der Waals surface area contributed by atoms with Crippen LogP contribution in [0.5, 0.6) is 0 Å². The van der Waals surface area contributed by atoms with Gasteiger partial charge in [0.25, 0.3) is 0 Å². The topological polar surface area (TPSA) is 29.1 Å². The molecule has 0 aromatic heterocycles. The number of aryl methyl sites for hydroxylation is 1. The largest absolute Gasteiger partial charge is 0.323 e. The summed E-state index contributed by atoms with van der Waals surface area (Å²) < 4.78 is 26.1. The van der Waals surface area contributed by atoms with Crippen LogP contribution in [0.25, 0.3) is 0 Å². The van der Waals surface area contributed by atoms with E-state index in [9.17, 15) is 13.6 Å². The fraction of sp³-hybridized carbons (Fsp3) is 0.222. The molecule has 2 nitrogen and oxygen atoms in total. The summed E-state index contributed by atoms with van der Waals surface area (Å²) in [5.74, 6) is -1.61. The van der Waals surface area contributed by atoms with Crippen LogP contribution in [0.4, 0.5) is 14.5 Å². The van der Waals surface area contributed by atoms with Crippen LogP contribution in [0, 0.1) is 18.6 Å². The summed E-state index contributed by atoms with van der Waals surface area (Å²) in [5, 5.41) is 2.27. The number of rotatable bonds is 2. The summed E-state index contributed by atoms with van der Waals surface area (Å²) in [7, 11) is 0. The summed E-state index contributed by atoms with van der Waals surface area (Å²) >= 11 is 2.90. The minimum absolute atomic E-state index is 0.0436. The average Bonchev–Trinajstić information content (AvgIpc) is 2.14. The van der Waals surface area contributed by atoms with Crippen molar-refractivity contribution in [1.82, 2.24) is 0 Å². The third-order valence-corrected chi connectivity index (χ3v) is 2.15. The summed E-state index contributed by atoms with van der Waals surface area (Å²) in [6.07, 6.45) is 0. The van der Waals surface area contributed by atoms with Gasteiger partial charge in [0.05, 0.1) is 11.0 Å². The zero-order valence-electron chi connectivity index (χ0n) is 7.40. The Bertz CT molecular complexity index is 368. The van der Waals surface area contributed by atoms with Gasteiger partial charge in [-0.1, -0.05) is 15.9 Å². The first-order valence-corrected chi connectivity index (χ1v) is 4.98. The molecule has 76 valence electrons. The van der Waals surface area contributed by atoms with E-state index < -0.39 is 17.5 Å². The molecule has 1 N–H and O–H groups in total. The van der Waals surface area contributed by atoms with Gasteiger partial charge in [-0.2, -0.15) is 0 Å². The third kappa shape index (κ3) is 2.51. The Hall–Kier alpha value is -0.970. The van der Waals surface area contributed by atoms with Crippen molar-refractivity contribution >= 4 is 27.5 Å². The van der Waals surface area contributed by atoms with Crippen molar-refractivity contribution < 1.29 is 13.6 Å². The van der Waals surface area contributed by atoms with Crippen LogP contribution in [-0.2, 0) is 4.79 Å². The quantitative estimate of drug-likeness (QED) is 0.817. The average molecular weight is 264 g/mol. The van der Waals surface area contributed by atoms with E-state index in [0.29, 0.717) is 0 Å². The van der Waals surface area contributed by atoms with E-state index >= 15 is 0 Å². The van der Waals surface area contributed by atoms with Crippen molar-refractivity contribution in [2.24, 2.45) is 0 Å². The van der Waals surface area contributed by atoms with Crippen LogP contribution in [0.15, 0.2) is 12.1 Å². The molecule has 1 aromatic rings. The summed E-state index contributed by atoms with van der Waals surface area (Å²) in [5.41, 5.74) is 0.0666. The highest BCUT2D eigenvalue weighted by atomic mass is 79.9. The molecule has 0 bridgehead atoms. The summed E-state index contributed by atoms with van der Waals surface area (Å²) in [4.78, 5) is 10.9. The maximum absolute atomic E-state index is 13.1. The Kier molecular flexibility index (Phi) is 3.57. The normalized spacial score (nSPS) is 10.0. The molecular weight excluding hydrogens is 256 g/mol. The second kappa shape index (κ2) is 4.50. The molecule has 1 amide bonds. The SMILES string of the molecule is Cc1cc(F)c(NC(=O)CBr)cc1F. The number of anilines is 1. The minimum Gasteiger partial charge on any atom is -0.323 e. The number of nitrogens with one attached hydrogen (secondary N) is 1. The number of benzene rings is 1. The fourth-order valence-corrected chi connectivity index (χ4v) is 1.07. The van der Waals surface area contributed by atoms with Gasteiger partial charge in [0, 0.05) is 6.07 Å². The number of carbonyl (C=O) groups is 1. The van der Waals surface area contributed by atoms with E-state index in [4.69, 9.17) is 0 Å². The molecule has 5 heteroatoms. The van der Waals surface area contributed by atoms with Gasteiger partial charge >= 0.3 is 0 Å². The van der Waals surface area contributed by atoms with E-state index in [1.165, 1.54) is 6.92 Å². The van der Waals surface area contributed by atoms with Crippen LogP contribution >= 0.6 is 15.9 Å². The molecule has 0 aliphatic rings. The second-order valence-electron chi connectivity index (χ2n) is 2.76. The van der Waals surface area contributed by atoms with E-state index in [2.05, 4.69) is 21.2 Å². The van der Waals surface area contributed by atoms with E-state index in [0.717, 1.165) is 12.1 Å². The van der Waals surface area contributed by atoms with Crippen molar-refractivity contribution in [1.29, 1.82) is 0 Å². The first-order chi connectivity index (χ1) is 6.54. The molecule has 0 saturated heterocycles. The summed E-state index contributed by atoms with van der Waals surface area (Å²) in [6, 6.07) is 2.00. The number of amides is 1. The first-order valence-electron chi connectivity index (χ1n) is 3.86. The molecule has 0 heterocycles. The van der Waals surface area contributed by atoms with Crippen molar-refractivity contribution in [3.63, 3.8) is 0 Å². The van der Waals surface area contributed by atoms with Crippen molar-refractivity contribution in [3.05, 3.63) is 29.3 Å². The predicted octanol–water partition coefficient (Wildman–Crippen LogP) is 2.61. The Morgan fingerprint density at radius 3 is 2.64 bits per heavy atom. The molecule has 1 aromatic carbocycles. The third-order valence-electron chi connectivity index (χ3n) is 1.64. The Morgan fingerprint density at radius 2 is 2.07 bits per heavy atom. The highest BCUT2D eigenvalue weighted by molar-refractivity contribution is 9.09. The molecule has 0 fully saturated rings. The molecular formula is C9H8BrF2NO. The number of hydrogen-bond acceptors (Lipinski definition) is 1. The molecule has 0 aliphatic heterocycles. The van der Waals surface area contributed by atoms with E-state index in [1.807, 2.05) is 0 Å². The van der Waals surface area contributed by atoms with Crippen LogP contribution in [0.3, 0.4) is 0 Å². The highest BCUT2D eigenvalue weighted by Crippen LogP contribution is 2.18. The molecule has 0 spiro atoms. The van der Waals surface area contributed by atoms with Gasteiger partial charge in [0.1, 0.15) is 11.6 Å². The Balaban J connectivity index is 2.98. The van der Waals surface area contributed by atoms with Crippen LogP contribution in [0.1, 0.15) is 5.56 Å². The lowest BCUT2D eigenvalue weighted by Crippen LogP contribution is -2.13. The standard InChI is InChI=1S/C9H8BrF2NO/c1-5-2-7(12)8(3-6(5)11)13-9(14)4-10/h2-3H,4H2,1H3,(H,13,14). The monoisotopic (exact) mass is 263 g/mol. The van der Waals surface area contributed by atoms with Crippen LogP contribution in [-0.4, -0.2) is 11.2 Å². The molecule has 0 saturated carbocycles. The summed E-state index contributed by atoms with van der Waals surface area (Å²) in [6.45, 7) is 1.45. The predicted molar refractivity (Wildman–Crippen MR) is 53.5 cm³/mol. The second-order valence-corrected chi connectivity index (χ2v) is 3.32. The van der Waals surface area contributed by atoms with Gasteiger partial charge < -0.3 is 5.32 Å². The van der Waals surface area contributed by atoms with Gasteiger partial charge in [-0.05, 0) is 18.6 Å². The zero-order chi connectivity index (χ0) is 10.7. The molecule has 0 radical (unpaired) electrons. The van der Waals surface area contributed by atoms with Crippen molar-refractivity contribution in [2.45, 2.75) is 6.92 Å². The zero-order valence-corrected chi connectivity index (χ0v) is 8.99. The highest BCUT2D eigenvalue weighted by Gasteiger charge is 2.09. The lowest BCUT2D eigenvalue weighted by atomic mass is 10.2. The molecule has 0 unspecified atom stereocenters. The van der Waals surface area contributed by atoms with Gasteiger partial charge in [0.2, 0.25) is 5.91 Å². The fourth-order valence-electron chi connectivity index (χ4n) is 0.926. The molecule has 0 atom stereocenters. The lowest BCUT2D eigenvalue weighted by Gasteiger charge is -2.06. The van der Waals surface area contributed by atoms with Gasteiger partial charge in [-0.3, -0.25) is 4.79 Å². The maximum Gasteiger partial charge on any atom is 0.235 e. The number of hydrogen-bond donors (Lipinski definition) is 1. The maximum atomic E-state index is 13.1. The van der Waals surface area contributed by atoms with Crippen LogP contribution < -0.4 is 5.32 Å². The Morgan fingerprint density at radius 1 is 1.43 bits per heavy atom. The number of carbonyl (C=O) groups excluding carboxylic acids is 1. The Labute approximate surface area is 88.4 Å². The minimum atomic E-state index is -0.641. The molecule has 1 rings (SSSR count). The van der Waals surface area contributed by atoms with Gasteiger partial charge in [-0.25, -0.2) is 8.78 Å². The number of halogens is 3. The van der Waals surface area contributed by atoms with E-state index in [1.54, 1.807) is 0 Å². The van der Waals surface area contributed by atoms with Crippen molar-refractivity contribution in [3.8, 4) is 0 Å². The molecule has 14 heavy (non-hydrogen) atoms. The smallest absolute Gasteiger partial charge is 0.235 e. The van der Waals surface area contributed by atoms with Crippen LogP contribution in [0.2, 0.25) is 0 Å². The number of alkyl halides is 1. The van der Waals surface area contributed by atoms with Gasteiger partial charge in [0.15, 0.2) is 0 Å². The first kappa shape index (κ1) is 11.1. The van der Waals surface area contributed by atoms with E-state index in [-0.39, 0.29) is 16.6 Å². The lowest BCUT2D eigenvalue weighted by molar-refractivity contribution is -0.113. The van der Waals surface area contributed by atoms with Crippen molar-refractivity contribution in [2.75, 3.05) is 10.6 Å². The molecule has 0 aliphatic carbocycles.